The van der Waals surface area contributed by atoms with Gasteiger partial charge in [0, 0.05) is 5.69 Å². The first-order chi connectivity index (χ1) is 7.74. The van der Waals surface area contributed by atoms with E-state index in [4.69, 9.17) is 5.73 Å². The molecule has 82 valence electrons. The van der Waals surface area contributed by atoms with E-state index in [-0.39, 0.29) is 12.5 Å². The predicted molar refractivity (Wildman–Crippen MR) is 59.5 cm³/mol. The number of carbonyl (C=O) groups excluding carboxylic acids is 1. The molecule has 0 radical (unpaired) electrons. The Labute approximate surface area is 92.1 Å². The molecule has 0 fully saturated rings. The number of para-hydroxylation sites is 1. The summed E-state index contributed by atoms with van der Waals surface area (Å²) in [5.41, 5.74) is 6.12. The molecule has 16 heavy (non-hydrogen) atoms. The lowest BCUT2D eigenvalue weighted by atomic mass is 10.3. The van der Waals surface area contributed by atoms with Gasteiger partial charge in [-0.1, -0.05) is 18.2 Å². The first-order valence-corrected chi connectivity index (χ1v) is 4.74. The van der Waals surface area contributed by atoms with Gasteiger partial charge in [0.2, 0.25) is 5.91 Å². The summed E-state index contributed by atoms with van der Waals surface area (Å²) >= 11 is 0. The predicted octanol–water partition coefficient (Wildman–Crippen LogP) is 0.499. The van der Waals surface area contributed by atoms with Crippen LogP contribution in [0.2, 0.25) is 0 Å². The van der Waals surface area contributed by atoms with E-state index < -0.39 is 0 Å². The zero-order chi connectivity index (χ0) is 11.4. The van der Waals surface area contributed by atoms with E-state index in [1.807, 2.05) is 30.3 Å². The number of nitrogens with zero attached hydrogens (tertiary/aromatic N) is 3. The maximum atomic E-state index is 11.5. The molecule has 1 amide bonds. The molecule has 1 aromatic heterocycles. The van der Waals surface area contributed by atoms with Crippen LogP contribution in [0.25, 0.3) is 0 Å². The van der Waals surface area contributed by atoms with E-state index in [1.165, 1.54) is 11.0 Å². The molecular weight excluding hydrogens is 206 g/mol. The van der Waals surface area contributed by atoms with Crippen LogP contribution in [0, 0.1) is 0 Å². The van der Waals surface area contributed by atoms with Crippen molar-refractivity contribution in [1.82, 2.24) is 15.0 Å². The standard InChI is InChI=1S/C10H11N5O/c11-9-6-12-15(14-9)7-10(16)13-8-4-2-1-3-5-8/h1-6H,7H2,(H2,11,14)(H,13,16). The van der Waals surface area contributed by atoms with Crippen molar-refractivity contribution >= 4 is 17.4 Å². The highest BCUT2D eigenvalue weighted by Crippen LogP contribution is 2.04. The molecule has 2 rings (SSSR count). The van der Waals surface area contributed by atoms with Crippen molar-refractivity contribution in [3.8, 4) is 0 Å². The summed E-state index contributed by atoms with van der Waals surface area (Å²) in [6.07, 6.45) is 1.40. The number of benzene rings is 1. The van der Waals surface area contributed by atoms with Gasteiger partial charge >= 0.3 is 0 Å². The highest BCUT2D eigenvalue weighted by Gasteiger charge is 2.04. The van der Waals surface area contributed by atoms with E-state index in [0.29, 0.717) is 5.82 Å². The Morgan fingerprint density at radius 1 is 1.38 bits per heavy atom. The summed E-state index contributed by atoms with van der Waals surface area (Å²) in [6, 6.07) is 9.19. The van der Waals surface area contributed by atoms with Crippen LogP contribution in [-0.2, 0) is 11.3 Å². The lowest BCUT2D eigenvalue weighted by Crippen LogP contribution is -2.20. The van der Waals surface area contributed by atoms with E-state index in [1.54, 1.807) is 0 Å². The molecule has 0 aliphatic rings. The van der Waals surface area contributed by atoms with Gasteiger partial charge in [0.25, 0.3) is 0 Å². The molecule has 0 unspecified atom stereocenters. The number of anilines is 2. The topological polar surface area (TPSA) is 85.8 Å². The fourth-order valence-electron chi connectivity index (χ4n) is 1.24. The van der Waals surface area contributed by atoms with Crippen molar-refractivity contribution in [3.05, 3.63) is 36.5 Å². The van der Waals surface area contributed by atoms with E-state index in [0.717, 1.165) is 5.69 Å². The van der Waals surface area contributed by atoms with Crippen LogP contribution in [0.5, 0.6) is 0 Å². The summed E-state index contributed by atoms with van der Waals surface area (Å²) in [6.45, 7) is 0.0477. The van der Waals surface area contributed by atoms with E-state index in [2.05, 4.69) is 15.5 Å². The number of aromatic nitrogens is 3. The molecule has 0 aliphatic carbocycles. The van der Waals surface area contributed by atoms with Gasteiger partial charge < -0.3 is 11.1 Å². The number of nitrogens with one attached hydrogen (secondary N) is 1. The van der Waals surface area contributed by atoms with E-state index in [9.17, 15) is 4.79 Å². The Bertz CT molecular complexity index is 479. The van der Waals surface area contributed by atoms with Crippen LogP contribution < -0.4 is 11.1 Å². The molecule has 0 bridgehead atoms. The van der Waals surface area contributed by atoms with Gasteiger partial charge in [0.1, 0.15) is 6.54 Å². The maximum absolute atomic E-state index is 11.5. The van der Waals surface area contributed by atoms with Gasteiger partial charge in [0.05, 0.1) is 6.20 Å². The van der Waals surface area contributed by atoms with Crippen LogP contribution >= 0.6 is 0 Å². The van der Waals surface area contributed by atoms with Gasteiger partial charge in [-0.15, -0.1) is 5.10 Å². The average Bonchev–Trinajstić information content (AvgIpc) is 2.65. The number of nitrogens with two attached hydrogens (primary N) is 1. The number of rotatable bonds is 3. The SMILES string of the molecule is Nc1cnn(CC(=O)Nc2ccccc2)n1. The molecule has 1 heterocycles. The zero-order valence-electron chi connectivity index (χ0n) is 8.50. The Kier molecular flexibility index (Phi) is 2.81. The summed E-state index contributed by atoms with van der Waals surface area (Å²) in [7, 11) is 0. The largest absolute Gasteiger partial charge is 0.381 e. The number of hydrogen-bond donors (Lipinski definition) is 2. The molecule has 0 saturated heterocycles. The van der Waals surface area contributed by atoms with Crippen molar-refractivity contribution in [3.63, 3.8) is 0 Å². The van der Waals surface area contributed by atoms with Crippen molar-refractivity contribution in [2.24, 2.45) is 0 Å². The van der Waals surface area contributed by atoms with Gasteiger partial charge in [-0.2, -0.15) is 9.90 Å². The summed E-state index contributed by atoms with van der Waals surface area (Å²) < 4.78 is 0. The Hall–Kier alpha value is -2.37. The highest BCUT2D eigenvalue weighted by molar-refractivity contribution is 5.90. The van der Waals surface area contributed by atoms with Gasteiger partial charge in [-0.25, -0.2) is 0 Å². The van der Waals surface area contributed by atoms with Crippen molar-refractivity contribution in [2.75, 3.05) is 11.1 Å². The molecule has 2 aromatic rings. The van der Waals surface area contributed by atoms with E-state index >= 15 is 0 Å². The Morgan fingerprint density at radius 2 is 2.12 bits per heavy atom. The van der Waals surface area contributed by atoms with Crippen LogP contribution in [0.3, 0.4) is 0 Å². The fourth-order valence-corrected chi connectivity index (χ4v) is 1.24. The molecular formula is C10H11N5O. The lowest BCUT2D eigenvalue weighted by molar-refractivity contribution is -0.117. The fraction of sp³-hybridized carbons (Fsp3) is 0.100. The number of carbonyl (C=O) groups is 1. The minimum Gasteiger partial charge on any atom is -0.381 e. The van der Waals surface area contributed by atoms with Crippen molar-refractivity contribution in [2.45, 2.75) is 6.54 Å². The second-order valence-corrected chi connectivity index (χ2v) is 3.21. The zero-order valence-corrected chi connectivity index (χ0v) is 8.50. The maximum Gasteiger partial charge on any atom is 0.247 e. The van der Waals surface area contributed by atoms with Gasteiger partial charge in [-0.3, -0.25) is 4.79 Å². The Balaban J connectivity index is 1.95. The normalized spacial score (nSPS) is 10.0. The van der Waals surface area contributed by atoms with Gasteiger partial charge in [0.15, 0.2) is 5.82 Å². The average molecular weight is 217 g/mol. The first kappa shape index (κ1) is 10.2. The van der Waals surface area contributed by atoms with Crippen LogP contribution in [0.4, 0.5) is 11.5 Å². The van der Waals surface area contributed by atoms with Crippen molar-refractivity contribution in [1.29, 1.82) is 0 Å². The first-order valence-electron chi connectivity index (χ1n) is 4.74. The number of nitrogen functional groups attached to an aromatic ring is 1. The monoisotopic (exact) mass is 217 g/mol. The third-order valence-corrected chi connectivity index (χ3v) is 1.90. The molecule has 0 saturated carbocycles. The molecule has 0 spiro atoms. The van der Waals surface area contributed by atoms with Gasteiger partial charge in [-0.05, 0) is 12.1 Å². The van der Waals surface area contributed by atoms with Crippen LogP contribution in [0.15, 0.2) is 36.5 Å². The lowest BCUT2D eigenvalue weighted by Gasteiger charge is -2.03. The molecule has 1 aromatic carbocycles. The molecule has 3 N–H and O–H groups in total. The second kappa shape index (κ2) is 4.43. The molecule has 0 atom stereocenters. The smallest absolute Gasteiger partial charge is 0.247 e. The third-order valence-electron chi connectivity index (χ3n) is 1.90. The third kappa shape index (κ3) is 2.57. The summed E-state index contributed by atoms with van der Waals surface area (Å²) in [5.74, 6) is 0.106. The molecule has 6 nitrogen and oxygen atoms in total. The van der Waals surface area contributed by atoms with Crippen LogP contribution in [0.1, 0.15) is 0 Å². The molecule has 6 heteroatoms. The van der Waals surface area contributed by atoms with Crippen LogP contribution in [-0.4, -0.2) is 20.9 Å². The summed E-state index contributed by atoms with van der Waals surface area (Å²) in [4.78, 5) is 12.8. The molecule has 0 aliphatic heterocycles. The number of hydrogen-bond acceptors (Lipinski definition) is 4. The minimum absolute atomic E-state index is 0.0477. The Morgan fingerprint density at radius 3 is 2.75 bits per heavy atom. The number of amides is 1. The van der Waals surface area contributed by atoms with Crippen molar-refractivity contribution < 1.29 is 4.79 Å². The summed E-state index contributed by atoms with van der Waals surface area (Å²) in [5, 5.41) is 10.4. The second-order valence-electron chi connectivity index (χ2n) is 3.21. The minimum atomic E-state index is -0.193. The highest BCUT2D eigenvalue weighted by atomic mass is 16.2. The quantitative estimate of drug-likeness (QED) is 0.783.